The van der Waals surface area contributed by atoms with Crippen molar-refractivity contribution in [3.05, 3.63) is 47.5 Å². The fraction of sp³-hybridized carbons (Fsp3) is 0.312. The van der Waals surface area contributed by atoms with Crippen molar-refractivity contribution in [2.45, 2.75) is 26.8 Å². The van der Waals surface area contributed by atoms with Crippen LogP contribution in [0, 0.1) is 12.7 Å². The molecule has 1 aromatic carbocycles. The second-order valence-corrected chi connectivity index (χ2v) is 5.38. The second kappa shape index (κ2) is 7.04. The summed E-state index contributed by atoms with van der Waals surface area (Å²) in [6.45, 7) is 5.00. The van der Waals surface area contributed by atoms with Gasteiger partial charge in [0.25, 0.3) is 5.91 Å². The van der Waals surface area contributed by atoms with Gasteiger partial charge in [0.05, 0.1) is 5.56 Å². The molecule has 0 atom stereocenters. The molecule has 0 radical (unpaired) electrons. The molecule has 0 bridgehead atoms. The molecule has 1 aromatic heterocycles. The molecule has 0 unspecified atom stereocenters. The van der Waals surface area contributed by atoms with Crippen LogP contribution in [-0.2, 0) is 4.79 Å². The van der Waals surface area contributed by atoms with Gasteiger partial charge in [-0.25, -0.2) is 4.39 Å². The van der Waals surface area contributed by atoms with Crippen molar-refractivity contribution in [3.8, 4) is 0 Å². The normalized spacial score (nSPS) is 10.7. The van der Waals surface area contributed by atoms with Crippen molar-refractivity contribution >= 4 is 17.6 Å². The van der Waals surface area contributed by atoms with Gasteiger partial charge in [-0.1, -0.05) is 17.3 Å². The summed E-state index contributed by atoms with van der Waals surface area (Å²) >= 11 is 0. The molecule has 2 amide bonds. The fourth-order valence-electron chi connectivity index (χ4n) is 2.04. The van der Waals surface area contributed by atoms with Gasteiger partial charge >= 0.3 is 0 Å². The first kappa shape index (κ1) is 16.7. The fourth-order valence-corrected chi connectivity index (χ4v) is 2.04. The van der Waals surface area contributed by atoms with Gasteiger partial charge < -0.3 is 14.7 Å². The first-order valence-corrected chi connectivity index (χ1v) is 7.17. The van der Waals surface area contributed by atoms with Crippen LogP contribution in [0.3, 0.4) is 0 Å². The lowest BCUT2D eigenvalue weighted by Gasteiger charge is -2.26. The summed E-state index contributed by atoms with van der Waals surface area (Å²) in [6, 6.07) is 6.98. The summed E-state index contributed by atoms with van der Waals surface area (Å²) < 4.78 is 18.6. The molecular weight excluding hydrogens is 301 g/mol. The number of amides is 2. The van der Waals surface area contributed by atoms with Crippen LogP contribution in [0.2, 0.25) is 0 Å². The third kappa shape index (κ3) is 4.15. The van der Waals surface area contributed by atoms with E-state index in [4.69, 9.17) is 4.52 Å². The average Bonchev–Trinajstić information content (AvgIpc) is 2.89. The minimum Gasteiger partial charge on any atom is -0.360 e. The largest absolute Gasteiger partial charge is 0.360 e. The van der Waals surface area contributed by atoms with Crippen LogP contribution in [0.25, 0.3) is 0 Å². The van der Waals surface area contributed by atoms with Gasteiger partial charge in [-0.05, 0) is 32.9 Å². The van der Waals surface area contributed by atoms with E-state index in [0.29, 0.717) is 5.76 Å². The average molecular weight is 319 g/mol. The molecule has 7 heteroatoms. The number of nitrogens with one attached hydrogen (secondary N) is 1. The molecule has 2 aromatic rings. The van der Waals surface area contributed by atoms with Crippen LogP contribution in [0.15, 0.2) is 34.9 Å². The Morgan fingerprint density at radius 2 is 2.04 bits per heavy atom. The highest BCUT2D eigenvalue weighted by Gasteiger charge is 2.24. The molecular formula is C16H18FN3O3. The summed E-state index contributed by atoms with van der Waals surface area (Å²) in [5.41, 5.74) is -0.0636. The molecule has 1 N–H and O–H groups in total. The maximum Gasteiger partial charge on any atom is 0.257 e. The maximum absolute atomic E-state index is 13.8. The quantitative estimate of drug-likeness (QED) is 0.919. The highest BCUT2D eigenvalue weighted by molar-refractivity contribution is 5.99. The number of hydrogen-bond donors (Lipinski definition) is 1. The SMILES string of the molecule is Cc1cc(NC(=O)CN(C(=O)c2ccccc2F)C(C)C)no1. The predicted molar refractivity (Wildman–Crippen MR) is 82.4 cm³/mol. The lowest BCUT2D eigenvalue weighted by molar-refractivity contribution is -0.117. The molecule has 0 aliphatic carbocycles. The molecule has 2 rings (SSSR count). The highest BCUT2D eigenvalue weighted by Crippen LogP contribution is 2.13. The third-order valence-corrected chi connectivity index (χ3v) is 3.20. The van der Waals surface area contributed by atoms with Crippen molar-refractivity contribution in [1.82, 2.24) is 10.1 Å². The lowest BCUT2D eigenvalue weighted by atomic mass is 10.1. The molecule has 23 heavy (non-hydrogen) atoms. The van der Waals surface area contributed by atoms with E-state index in [2.05, 4.69) is 10.5 Å². The Morgan fingerprint density at radius 1 is 1.35 bits per heavy atom. The first-order chi connectivity index (χ1) is 10.9. The first-order valence-electron chi connectivity index (χ1n) is 7.17. The number of hydrogen-bond acceptors (Lipinski definition) is 4. The number of nitrogens with zero attached hydrogens (tertiary/aromatic N) is 2. The Kier molecular flexibility index (Phi) is 5.10. The number of rotatable bonds is 5. The van der Waals surface area contributed by atoms with Crippen LogP contribution in [0.5, 0.6) is 0 Å². The molecule has 0 saturated heterocycles. The van der Waals surface area contributed by atoms with E-state index in [1.54, 1.807) is 32.9 Å². The van der Waals surface area contributed by atoms with E-state index >= 15 is 0 Å². The molecule has 6 nitrogen and oxygen atoms in total. The monoisotopic (exact) mass is 319 g/mol. The summed E-state index contributed by atoms with van der Waals surface area (Å²) in [7, 11) is 0. The number of anilines is 1. The zero-order chi connectivity index (χ0) is 17.0. The second-order valence-electron chi connectivity index (χ2n) is 5.38. The van der Waals surface area contributed by atoms with Crippen LogP contribution in [-0.4, -0.2) is 34.5 Å². The standard InChI is InChI=1S/C16H18FN3O3/c1-10(2)20(16(22)12-6-4-5-7-13(12)17)9-15(21)18-14-8-11(3)23-19-14/h4-8,10H,9H2,1-3H3,(H,18,19,21). The Labute approximate surface area is 133 Å². The van der Waals surface area contributed by atoms with Crippen LogP contribution >= 0.6 is 0 Å². The van der Waals surface area contributed by atoms with E-state index in [1.807, 2.05) is 0 Å². The molecule has 1 heterocycles. The Hall–Kier alpha value is -2.70. The Balaban J connectivity index is 2.11. The van der Waals surface area contributed by atoms with Crippen molar-refractivity contribution in [2.24, 2.45) is 0 Å². The van der Waals surface area contributed by atoms with E-state index in [1.165, 1.54) is 23.1 Å². The lowest BCUT2D eigenvalue weighted by Crippen LogP contribution is -2.42. The van der Waals surface area contributed by atoms with Crippen molar-refractivity contribution in [1.29, 1.82) is 0 Å². The molecule has 0 saturated carbocycles. The third-order valence-electron chi connectivity index (χ3n) is 3.20. The molecule has 122 valence electrons. The number of carbonyl (C=O) groups is 2. The van der Waals surface area contributed by atoms with Crippen LogP contribution < -0.4 is 5.32 Å². The number of benzene rings is 1. The van der Waals surface area contributed by atoms with Gasteiger partial charge in [-0.3, -0.25) is 9.59 Å². The maximum atomic E-state index is 13.8. The van der Waals surface area contributed by atoms with Gasteiger partial charge in [0.15, 0.2) is 5.82 Å². The minimum absolute atomic E-state index is 0.0636. The summed E-state index contributed by atoms with van der Waals surface area (Å²) in [5.74, 6) is -0.755. The van der Waals surface area contributed by atoms with E-state index in [-0.39, 0.29) is 24.0 Å². The summed E-state index contributed by atoms with van der Waals surface area (Å²) in [4.78, 5) is 25.8. The van der Waals surface area contributed by atoms with Crippen molar-refractivity contribution < 1.29 is 18.5 Å². The minimum atomic E-state index is -0.615. The Bertz CT molecular complexity index is 712. The molecule has 0 aliphatic rings. The van der Waals surface area contributed by atoms with E-state index < -0.39 is 17.6 Å². The van der Waals surface area contributed by atoms with Gasteiger partial charge in [0.2, 0.25) is 5.91 Å². The van der Waals surface area contributed by atoms with Crippen LogP contribution in [0.1, 0.15) is 30.0 Å². The highest BCUT2D eigenvalue weighted by atomic mass is 19.1. The van der Waals surface area contributed by atoms with Gasteiger partial charge in [-0.15, -0.1) is 0 Å². The zero-order valence-electron chi connectivity index (χ0n) is 13.2. The number of halogens is 1. The molecule has 0 aliphatic heterocycles. The van der Waals surface area contributed by atoms with Gasteiger partial charge in [0, 0.05) is 12.1 Å². The van der Waals surface area contributed by atoms with Crippen molar-refractivity contribution in [3.63, 3.8) is 0 Å². The van der Waals surface area contributed by atoms with Gasteiger partial charge in [-0.2, -0.15) is 0 Å². The van der Waals surface area contributed by atoms with E-state index in [9.17, 15) is 14.0 Å². The predicted octanol–water partition coefficient (Wildman–Crippen LogP) is 2.61. The van der Waals surface area contributed by atoms with Gasteiger partial charge in [0.1, 0.15) is 18.1 Å². The molecule has 0 spiro atoms. The smallest absolute Gasteiger partial charge is 0.257 e. The summed E-state index contributed by atoms with van der Waals surface area (Å²) in [6.07, 6.45) is 0. The Morgan fingerprint density at radius 3 is 2.61 bits per heavy atom. The number of aryl methyl sites for hydroxylation is 1. The number of aromatic nitrogens is 1. The zero-order valence-corrected chi connectivity index (χ0v) is 13.2. The van der Waals surface area contributed by atoms with Crippen LogP contribution in [0.4, 0.5) is 10.2 Å². The summed E-state index contributed by atoms with van der Waals surface area (Å²) in [5, 5.41) is 6.19. The molecule has 0 fully saturated rings. The van der Waals surface area contributed by atoms with E-state index in [0.717, 1.165) is 0 Å². The topological polar surface area (TPSA) is 75.4 Å². The number of carbonyl (C=O) groups excluding carboxylic acids is 2. The van der Waals surface area contributed by atoms with Crippen molar-refractivity contribution in [2.75, 3.05) is 11.9 Å².